The third-order valence-corrected chi connectivity index (χ3v) is 5.59. The fourth-order valence-electron chi connectivity index (χ4n) is 5.08. The normalized spacial score (nSPS) is 38.1. The van der Waals surface area contributed by atoms with Crippen molar-refractivity contribution in [3.63, 3.8) is 0 Å². The van der Waals surface area contributed by atoms with E-state index in [2.05, 4.69) is 10.2 Å². The van der Waals surface area contributed by atoms with Crippen LogP contribution in [0.2, 0.25) is 0 Å². The smallest absolute Gasteiger partial charge is 0.353 e. The van der Waals surface area contributed by atoms with E-state index in [9.17, 15) is 9.59 Å². The van der Waals surface area contributed by atoms with Gasteiger partial charge in [-0.05, 0) is 55.8 Å². The van der Waals surface area contributed by atoms with Crippen molar-refractivity contribution in [3.8, 4) is 0 Å². The number of ketones is 1. The maximum atomic E-state index is 12.7. The molecule has 4 aliphatic rings. The fraction of sp³-hybridized carbons (Fsp3) is 0.667. The highest BCUT2D eigenvalue weighted by Gasteiger charge is 2.51. The van der Waals surface area contributed by atoms with Gasteiger partial charge in [0.15, 0.2) is 5.78 Å². The molecule has 1 aromatic rings. The van der Waals surface area contributed by atoms with Gasteiger partial charge in [0.2, 0.25) is 0 Å². The molecule has 2 N–H and O–H groups in total. The SMILES string of the molecule is O=C(O)c1cc(C(=O)C2C3CC4CC(C3)CC2C4)n[nH]1. The number of H-pyrrole nitrogens is 1. The molecule has 0 saturated heterocycles. The van der Waals surface area contributed by atoms with Crippen molar-refractivity contribution in [2.75, 3.05) is 0 Å². The predicted octanol–water partition coefficient (Wildman–Crippen LogP) is 2.36. The second-order valence-corrected chi connectivity index (χ2v) is 6.79. The summed E-state index contributed by atoms with van der Waals surface area (Å²) in [6, 6.07) is 1.38. The fourth-order valence-corrected chi connectivity index (χ4v) is 5.08. The van der Waals surface area contributed by atoms with Crippen LogP contribution in [0.5, 0.6) is 0 Å². The van der Waals surface area contributed by atoms with E-state index >= 15 is 0 Å². The van der Waals surface area contributed by atoms with Crippen molar-refractivity contribution in [2.45, 2.75) is 32.1 Å². The maximum Gasteiger partial charge on any atom is 0.353 e. The molecule has 0 aromatic carbocycles. The van der Waals surface area contributed by atoms with E-state index in [-0.39, 0.29) is 17.4 Å². The number of carboxylic acid groups (broad SMARTS) is 1. The van der Waals surface area contributed by atoms with Gasteiger partial charge in [-0.1, -0.05) is 0 Å². The number of aromatic nitrogens is 2. The Labute approximate surface area is 116 Å². The highest BCUT2D eigenvalue weighted by molar-refractivity contribution is 5.98. The molecule has 0 spiro atoms. The van der Waals surface area contributed by atoms with Gasteiger partial charge < -0.3 is 5.11 Å². The van der Waals surface area contributed by atoms with E-state index in [0.29, 0.717) is 17.5 Å². The van der Waals surface area contributed by atoms with Crippen LogP contribution in [0, 0.1) is 29.6 Å². The van der Waals surface area contributed by atoms with Crippen LogP contribution in [0.1, 0.15) is 53.1 Å². The minimum absolute atomic E-state index is 0.00262. The number of hydrogen-bond acceptors (Lipinski definition) is 3. The second kappa shape index (κ2) is 4.17. The zero-order valence-corrected chi connectivity index (χ0v) is 11.2. The van der Waals surface area contributed by atoms with Gasteiger partial charge in [0, 0.05) is 12.0 Å². The van der Waals surface area contributed by atoms with E-state index in [0.717, 1.165) is 11.8 Å². The summed E-state index contributed by atoms with van der Waals surface area (Å²) in [5, 5.41) is 15.3. The summed E-state index contributed by atoms with van der Waals surface area (Å²) in [5.41, 5.74) is 0.303. The number of nitrogens with zero attached hydrogens (tertiary/aromatic N) is 1. The number of carbonyl (C=O) groups excluding carboxylic acids is 1. The molecular weight excluding hydrogens is 256 g/mol. The molecule has 0 atom stereocenters. The third-order valence-electron chi connectivity index (χ3n) is 5.59. The summed E-state index contributed by atoms with van der Waals surface area (Å²) in [6.07, 6.45) is 6.08. The van der Waals surface area contributed by atoms with Crippen LogP contribution in [0.3, 0.4) is 0 Å². The third kappa shape index (κ3) is 1.72. The lowest BCUT2D eigenvalue weighted by Gasteiger charge is -2.53. The van der Waals surface area contributed by atoms with Gasteiger partial charge in [-0.3, -0.25) is 9.89 Å². The minimum Gasteiger partial charge on any atom is -0.477 e. The molecule has 4 bridgehead atoms. The molecule has 1 aromatic heterocycles. The molecule has 4 fully saturated rings. The number of hydrogen-bond donors (Lipinski definition) is 2. The number of aromatic amines is 1. The first kappa shape index (κ1) is 12.1. The molecule has 0 radical (unpaired) electrons. The number of aromatic carboxylic acids is 1. The highest BCUT2D eigenvalue weighted by Crippen LogP contribution is 2.57. The Morgan fingerprint density at radius 3 is 2.20 bits per heavy atom. The largest absolute Gasteiger partial charge is 0.477 e. The van der Waals surface area contributed by atoms with E-state index in [4.69, 9.17) is 5.11 Å². The average molecular weight is 274 g/mol. The van der Waals surface area contributed by atoms with Crippen LogP contribution >= 0.6 is 0 Å². The Morgan fingerprint density at radius 1 is 1.10 bits per heavy atom. The summed E-state index contributed by atoms with van der Waals surface area (Å²) < 4.78 is 0. The second-order valence-electron chi connectivity index (χ2n) is 6.79. The summed E-state index contributed by atoms with van der Waals surface area (Å²) in [6.45, 7) is 0. The Hall–Kier alpha value is -1.65. The molecule has 4 aliphatic carbocycles. The summed E-state index contributed by atoms with van der Waals surface area (Å²) in [5.74, 6) is 1.73. The topological polar surface area (TPSA) is 83.0 Å². The first-order valence-electron chi connectivity index (χ1n) is 7.44. The van der Waals surface area contributed by atoms with E-state index in [1.54, 1.807) is 0 Å². The molecular formula is C15H18N2O3. The molecule has 106 valence electrons. The molecule has 0 unspecified atom stereocenters. The molecule has 5 nitrogen and oxygen atoms in total. The molecule has 5 rings (SSSR count). The van der Waals surface area contributed by atoms with Crippen LogP contribution in [0.4, 0.5) is 0 Å². The van der Waals surface area contributed by atoms with Gasteiger partial charge in [-0.25, -0.2) is 4.79 Å². The quantitative estimate of drug-likeness (QED) is 0.829. The zero-order chi connectivity index (χ0) is 13.9. The Morgan fingerprint density at radius 2 is 1.70 bits per heavy atom. The Balaban J connectivity index is 1.60. The molecule has 20 heavy (non-hydrogen) atoms. The lowest BCUT2D eigenvalue weighted by molar-refractivity contribution is -0.0253. The van der Waals surface area contributed by atoms with Crippen LogP contribution in [-0.2, 0) is 0 Å². The predicted molar refractivity (Wildman–Crippen MR) is 70.4 cm³/mol. The standard InChI is InChI=1S/C15H18N2O3/c18-14(11-6-12(15(19)20)17-16-11)13-9-2-7-1-8(4-9)5-10(13)3-7/h6-10,13H,1-5H2,(H,16,17)(H,19,20). The Kier molecular flexibility index (Phi) is 2.53. The molecule has 1 heterocycles. The van der Waals surface area contributed by atoms with Gasteiger partial charge in [-0.15, -0.1) is 0 Å². The van der Waals surface area contributed by atoms with E-state index in [1.807, 2.05) is 0 Å². The summed E-state index contributed by atoms with van der Waals surface area (Å²) in [7, 11) is 0. The lowest BCUT2D eigenvalue weighted by atomic mass is 9.51. The highest BCUT2D eigenvalue weighted by atomic mass is 16.4. The van der Waals surface area contributed by atoms with Gasteiger partial charge in [-0.2, -0.15) is 5.10 Å². The summed E-state index contributed by atoms with van der Waals surface area (Å²) >= 11 is 0. The lowest BCUT2D eigenvalue weighted by Crippen LogP contribution is -2.48. The minimum atomic E-state index is -1.07. The van der Waals surface area contributed by atoms with E-state index < -0.39 is 5.97 Å². The number of carbonyl (C=O) groups is 2. The number of nitrogens with one attached hydrogen (secondary N) is 1. The average Bonchev–Trinajstić information content (AvgIpc) is 2.86. The van der Waals surface area contributed by atoms with Gasteiger partial charge in [0.1, 0.15) is 11.4 Å². The van der Waals surface area contributed by atoms with Crippen molar-refractivity contribution >= 4 is 11.8 Å². The van der Waals surface area contributed by atoms with Gasteiger partial charge in [0.05, 0.1) is 0 Å². The summed E-state index contributed by atoms with van der Waals surface area (Å²) in [4.78, 5) is 23.6. The van der Waals surface area contributed by atoms with Crippen molar-refractivity contribution in [1.82, 2.24) is 10.2 Å². The molecule has 0 aliphatic heterocycles. The number of carboxylic acids is 1. The van der Waals surface area contributed by atoms with Crippen molar-refractivity contribution < 1.29 is 14.7 Å². The van der Waals surface area contributed by atoms with Crippen LogP contribution in [-0.4, -0.2) is 27.1 Å². The van der Waals surface area contributed by atoms with Crippen molar-refractivity contribution in [3.05, 3.63) is 17.5 Å². The zero-order valence-electron chi connectivity index (χ0n) is 11.2. The number of Topliss-reactive ketones (excluding diaryl/α,β-unsaturated/α-hetero) is 1. The van der Waals surface area contributed by atoms with E-state index in [1.165, 1.54) is 38.2 Å². The number of rotatable bonds is 3. The molecule has 0 amide bonds. The van der Waals surface area contributed by atoms with Crippen LogP contribution in [0.15, 0.2) is 6.07 Å². The first-order chi connectivity index (χ1) is 9.61. The van der Waals surface area contributed by atoms with Gasteiger partial charge >= 0.3 is 5.97 Å². The Bertz CT molecular complexity index is 549. The monoisotopic (exact) mass is 274 g/mol. The molecule has 5 heteroatoms. The van der Waals surface area contributed by atoms with Gasteiger partial charge in [0.25, 0.3) is 0 Å². The van der Waals surface area contributed by atoms with Crippen LogP contribution in [0.25, 0.3) is 0 Å². The van der Waals surface area contributed by atoms with Crippen molar-refractivity contribution in [1.29, 1.82) is 0 Å². The molecule has 4 saturated carbocycles. The van der Waals surface area contributed by atoms with Crippen LogP contribution < -0.4 is 0 Å². The maximum absolute atomic E-state index is 12.7. The first-order valence-corrected chi connectivity index (χ1v) is 7.44. The van der Waals surface area contributed by atoms with Crippen molar-refractivity contribution in [2.24, 2.45) is 29.6 Å².